The van der Waals surface area contributed by atoms with Gasteiger partial charge in [0.15, 0.2) is 5.16 Å². The van der Waals surface area contributed by atoms with Crippen molar-refractivity contribution in [2.45, 2.75) is 50.9 Å². The number of carbonyl (C=O) groups is 1. The second kappa shape index (κ2) is 6.83. The predicted octanol–water partition coefficient (Wildman–Crippen LogP) is 4.55. The number of thioether (sulfide) groups is 1. The summed E-state index contributed by atoms with van der Waals surface area (Å²) in [6, 6.07) is 10.3. The molecule has 0 spiro atoms. The normalized spacial score (nSPS) is 15.3. The Morgan fingerprint density at radius 2 is 2.15 bits per heavy atom. The Bertz CT molecular complexity index is 922. The summed E-state index contributed by atoms with van der Waals surface area (Å²) in [6.07, 6.45) is 2.42. The van der Waals surface area contributed by atoms with Crippen LogP contribution in [0, 0.1) is 13.8 Å². The number of nitrogens with zero attached hydrogens (tertiary/aromatic N) is 2. The SMILES string of the molecule is Cc1nc(SCC(=O)N[C@H](C)c2cc3ccccc3o2)n(C2CC2)c1C. The fourth-order valence-corrected chi connectivity index (χ4v) is 4.13. The maximum atomic E-state index is 12.4. The number of benzene rings is 1. The molecule has 26 heavy (non-hydrogen) atoms. The Kier molecular flexibility index (Phi) is 4.53. The van der Waals surface area contributed by atoms with Crippen LogP contribution in [0.3, 0.4) is 0 Å². The van der Waals surface area contributed by atoms with Crippen LogP contribution >= 0.6 is 11.8 Å². The number of rotatable bonds is 6. The smallest absolute Gasteiger partial charge is 0.231 e. The van der Waals surface area contributed by atoms with Crippen LogP contribution in [0.25, 0.3) is 11.0 Å². The van der Waals surface area contributed by atoms with Gasteiger partial charge in [0.05, 0.1) is 17.5 Å². The van der Waals surface area contributed by atoms with Gasteiger partial charge >= 0.3 is 0 Å². The standard InChI is InChI=1S/C20H23N3O2S/c1-12-14(3)23(16-8-9-16)20(22-12)26-11-19(24)21-13(2)18-10-15-6-4-5-7-17(15)25-18/h4-7,10,13,16H,8-9,11H2,1-3H3,(H,21,24)/t13-/m1/s1. The topological polar surface area (TPSA) is 60.1 Å². The largest absolute Gasteiger partial charge is 0.459 e. The zero-order valence-corrected chi connectivity index (χ0v) is 16.1. The maximum Gasteiger partial charge on any atom is 0.231 e. The third-order valence-corrected chi connectivity index (χ3v) is 5.80. The molecule has 2 aromatic heterocycles. The molecule has 2 heterocycles. The second-order valence-corrected chi connectivity index (χ2v) is 7.87. The number of aromatic nitrogens is 2. The molecule has 3 aromatic rings. The van der Waals surface area contributed by atoms with E-state index in [0.29, 0.717) is 11.8 Å². The lowest BCUT2D eigenvalue weighted by atomic mass is 10.2. The molecule has 1 N–H and O–H groups in total. The fraction of sp³-hybridized carbons (Fsp3) is 0.400. The van der Waals surface area contributed by atoms with Gasteiger partial charge in [-0.2, -0.15) is 0 Å². The zero-order valence-electron chi connectivity index (χ0n) is 15.3. The Balaban J connectivity index is 1.39. The summed E-state index contributed by atoms with van der Waals surface area (Å²) in [4.78, 5) is 17.0. The first-order chi connectivity index (χ1) is 12.5. The molecule has 1 saturated carbocycles. The van der Waals surface area contributed by atoms with Crippen molar-refractivity contribution >= 4 is 28.6 Å². The van der Waals surface area contributed by atoms with Crippen molar-refractivity contribution in [3.05, 3.63) is 47.5 Å². The molecule has 136 valence electrons. The van der Waals surface area contributed by atoms with Gasteiger partial charge < -0.3 is 14.3 Å². The number of carbonyl (C=O) groups excluding carboxylic acids is 1. The van der Waals surface area contributed by atoms with E-state index in [1.807, 2.05) is 44.2 Å². The average molecular weight is 369 g/mol. The number of para-hydroxylation sites is 1. The maximum absolute atomic E-state index is 12.4. The van der Waals surface area contributed by atoms with Gasteiger partial charge in [0.2, 0.25) is 5.91 Å². The molecule has 0 bridgehead atoms. The first kappa shape index (κ1) is 17.2. The molecule has 1 aliphatic carbocycles. The Morgan fingerprint density at radius 1 is 1.38 bits per heavy atom. The molecule has 5 nitrogen and oxygen atoms in total. The molecule has 0 saturated heterocycles. The molecule has 1 fully saturated rings. The minimum atomic E-state index is -0.165. The van der Waals surface area contributed by atoms with Gasteiger partial charge in [0.1, 0.15) is 11.3 Å². The fourth-order valence-electron chi connectivity index (χ4n) is 3.16. The van der Waals surface area contributed by atoms with Crippen molar-refractivity contribution < 1.29 is 9.21 Å². The zero-order chi connectivity index (χ0) is 18.3. The molecule has 1 amide bonds. The second-order valence-electron chi connectivity index (χ2n) is 6.93. The molecule has 0 aliphatic heterocycles. The molecule has 0 unspecified atom stereocenters. The van der Waals surface area contributed by atoms with E-state index in [-0.39, 0.29) is 11.9 Å². The summed E-state index contributed by atoms with van der Waals surface area (Å²) >= 11 is 1.51. The van der Waals surface area contributed by atoms with Crippen LogP contribution in [0.2, 0.25) is 0 Å². The first-order valence-electron chi connectivity index (χ1n) is 8.99. The van der Waals surface area contributed by atoms with E-state index in [1.165, 1.54) is 30.3 Å². The number of furan rings is 1. The van der Waals surface area contributed by atoms with Crippen molar-refractivity contribution in [1.29, 1.82) is 0 Å². The number of imidazole rings is 1. The van der Waals surface area contributed by atoms with Crippen LogP contribution in [-0.4, -0.2) is 21.2 Å². The van der Waals surface area contributed by atoms with Crippen LogP contribution in [0.4, 0.5) is 0 Å². The number of hydrogen-bond acceptors (Lipinski definition) is 4. The molecule has 1 atom stereocenters. The average Bonchev–Trinajstić information content (AvgIpc) is 3.28. The summed E-state index contributed by atoms with van der Waals surface area (Å²) in [5.41, 5.74) is 3.11. The van der Waals surface area contributed by atoms with Crippen molar-refractivity contribution in [3.63, 3.8) is 0 Å². The highest BCUT2D eigenvalue weighted by Gasteiger charge is 2.29. The quantitative estimate of drug-likeness (QED) is 0.648. The van der Waals surface area contributed by atoms with E-state index in [0.717, 1.165) is 27.6 Å². The Labute approximate surface area is 157 Å². The summed E-state index contributed by atoms with van der Waals surface area (Å²) in [7, 11) is 0. The lowest BCUT2D eigenvalue weighted by Crippen LogP contribution is -2.28. The van der Waals surface area contributed by atoms with Crippen LogP contribution in [0.5, 0.6) is 0 Å². The van der Waals surface area contributed by atoms with Gasteiger partial charge in [0.25, 0.3) is 0 Å². The highest BCUT2D eigenvalue weighted by atomic mass is 32.2. The van der Waals surface area contributed by atoms with Crippen molar-refractivity contribution in [2.75, 3.05) is 5.75 Å². The monoisotopic (exact) mass is 369 g/mol. The molecule has 0 radical (unpaired) electrons. The summed E-state index contributed by atoms with van der Waals surface area (Å²) in [5, 5.41) is 5.03. The Morgan fingerprint density at radius 3 is 2.88 bits per heavy atom. The van der Waals surface area contributed by atoms with Gasteiger partial charge in [-0.05, 0) is 45.7 Å². The minimum absolute atomic E-state index is 0.0105. The third-order valence-electron chi connectivity index (χ3n) is 4.85. The summed E-state index contributed by atoms with van der Waals surface area (Å²) in [5.74, 6) is 1.12. The number of hydrogen-bond donors (Lipinski definition) is 1. The van der Waals surface area contributed by atoms with Crippen LogP contribution < -0.4 is 5.32 Å². The van der Waals surface area contributed by atoms with E-state index >= 15 is 0 Å². The van der Waals surface area contributed by atoms with Crippen molar-refractivity contribution in [1.82, 2.24) is 14.9 Å². The number of amides is 1. The van der Waals surface area contributed by atoms with Gasteiger partial charge in [0, 0.05) is 17.1 Å². The highest BCUT2D eigenvalue weighted by Crippen LogP contribution is 2.39. The van der Waals surface area contributed by atoms with Gasteiger partial charge in [-0.15, -0.1) is 0 Å². The summed E-state index contributed by atoms with van der Waals surface area (Å²) in [6.45, 7) is 6.08. The highest BCUT2D eigenvalue weighted by molar-refractivity contribution is 7.99. The number of nitrogens with one attached hydrogen (secondary N) is 1. The molecule has 1 aliphatic rings. The van der Waals surface area contributed by atoms with E-state index in [9.17, 15) is 4.79 Å². The predicted molar refractivity (Wildman–Crippen MR) is 103 cm³/mol. The molecular weight excluding hydrogens is 346 g/mol. The Hall–Kier alpha value is -2.21. The first-order valence-corrected chi connectivity index (χ1v) is 9.97. The third kappa shape index (κ3) is 3.38. The van der Waals surface area contributed by atoms with Crippen molar-refractivity contribution in [2.24, 2.45) is 0 Å². The van der Waals surface area contributed by atoms with Gasteiger partial charge in [-0.1, -0.05) is 30.0 Å². The molecule has 1 aromatic carbocycles. The lowest BCUT2D eigenvalue weighted by molar-refractivity contribution is -0.119. The summed E-state index contributed by atoms with van der Waals surface area (Å²) < 4.78 is 8.12. The van der Waals surface area contributed by atoms with E-state index in [1.54, 1.807) is 0 Å². The molecular formula is C20H23N3O2S. The number of fused-ring (bicyclic) bond motifs is 1. The van der Waals surface area contributed by atoms with Gasteiger partial charge in [-0.25, -0.2) is 4.98 Å². The number of aryl methyl sites for hydroxylation is 1. The van der Waals surface area contributed by atoms with Crippen LogP contribution in [0.15, 0.2) is 39.9 Å². The minimum Gasteiger partial charge on any atom is -0.459 e. The van der Waals surface area contributed by atoms with E-state index in [2.05, 4.69) is 21.8 Å². The molecule has 4 rings (SSSR count). The van der Waals surface area contributed by atoms with Crippen molar-refractivity contribution in [3.8, 4) is 0 Å². The van der Waals surface area contributed by atoms with E-state index in [4.69, 9.17) is 4.42 Å². The molecule has 6 heteroatoms. The van der Waals surface area contributed by atoms with Gasteiger partial charge in [-0.3, -0.25) is 4.79 Å². The lowest BCUT2D eigenvalue weighted by Gasteiger charge is -2.12. The van der Waals surface area contributed by atoms with Crippen LogP contribution in [0.1, 0.15) is 49.0 Å². The van der Waals surface area contributed by atoms with Crippen LogP contribution in [-0.2, 0) is 4.79 Å². The van der Waals surface area contributed by atoms with E-state index < -0.39 is 0 Å².